The number of aliphatic hydroxyl groups is 1. The van der Waals surface area contributed by atoms with E-state index < -0.39 is 5.60 Å². The maximum atomic E-state index is 10.2. The molecule has 0 fully saturated rings. The maximum Gasteiger partial charge on any atom is 0.0766 e. The van der Waals surface area contributed by atoms with Crippen molar-refractivity contribution >= 4 is 11.3 Å². The van der Waals surface area contributed by atoms with Crippen LogP contribution in [0.25, 0.3) is 0 Å². The van der Waals surface area contributed by atoms with Gasteiger partial charge in [0.25, 0.3) is 0 Å². The second-order valence-electron chi connectivity index (χ2n) is 6.05. The highest BCUT2D eigenvalue weighted by atomic mass is 32.1. The normalized spacial score (nSPS) is 13.0. The van der Waals surface area contributed by atoms with E-state index in [4.69, 9.17) is 0 Å². The molecule has 0 aliphatic carbocycles. The van der Waals surface area contributed by atoms with Crippen molar-refractivity contribution in [2.24, 2.45) is 0 Å². The Morgan fingerprint density at radius 1 is 1.17 bits per heavy atom. The zero-order valence-electron chi connectivity index (χ0n) is 12.3. The van der Waals surface area contributed by atoms with Gasteiger partial charge in [0.05, 0.1) is 5.60 Å². The molecule has 0 unspecified atom stereocenters. The molecule has 18 heavy (non-hydrogen) atoms. The van der Waals surface area contributed by atoms with E-state index in [-0.39, 0.29) is 5.41 Å². The smallest absolute Gasteiger partial charge is 0.0766 e. The molecular formula is C15H27NOS. The summed E-state index contributed by atoms with van der Waals surface area (Å²) in [6.45, 7) is 12.3. The average molecular weight is 269 g/mol. The minimum Gasteiger partial charge on any atom is -0.389 e. The molecule has 0 atom stereocenters. The molecule has 0 aromatic carbocycles. The minimum atomic E-state index is -0.551. The van der Waals surface area contributed by atoms with Crippen molar-refractivity contribution in [3.8, 4) is 0 Å². The van der Waals surface area contributed by atoms with Gasteiger partial charge in [-0.15, -0.1) is 11.3 Å². The summed E-state index contributed by atoms with van der Waals surface area (Å²) in [5, 5.41) is 13.6. The number of hydrogen-bond acceptors (Lipinski definition) is 3. The molecule has 1 aromatic heterocycles. The summed E-state index contributed by atoms with van der Waals surface area (Å²) in [6.07, 6.45) is 1.60. The van der Waals surface area contributed by atoms with E-state index in [0.29, 0.717) is 6.54 Å². The Balaban J connectivity index is 2.48. The second-order valence-corrected chi connectivity index (χ2v) is 7.22. The van der Waals surface area contributed by atoms with Crippen LogP contribution in [-0.4, -0.2) is 17.3 Å². The fraction of sp³-hybridized carbons (Fsp3) is 0.733. The van der Waals surface area contributed by atoms with Gasteiger partial charge in [-0.25, -0.2) is 0 Å². The van der Waals surface area contributed by atoms with Gasteiger partial charge in [-0.2, -0.15) is 0 Å². The lowest BCUT2D eigenvalue weighted by Crippen LogP contribution is -2.39. The maximum absolute atomic E-state index is 10.2. The van der Waals surface area contributed by atoms with Crippen LogP contribution in [0.1, 0.15) is 57.2 Å². The molecule has 0 saturated carbocycles. The van der Waals surface area contributed by atoms with Gasteiger partial charge in [0.15, 0.2) is 0 Å². The van der Waals surface area contributed by atoms with E-state index in [1.807, 2.05) is 25.2 Å². The van der Waals surface area contributed by atoms with Crippen LogP contribution in [-0.2, 0) is 12.0 Å². The van der Waals surface area contributed by atoms with Crippen LogP contribution in [0, 0.1) is 0 Å². The van der Waals surface area contributed by atoms with Crippen molar-refractivity contribution in [3.05, 3.63) is 21.9 Å². The largest absolute Gasteiger partial charge is 0.389 e. The highest BCUT2D eigenvalue weighted by Gasteiger charge is 2.21. The van der Waals surface area contributed by atoms with Gasteiger partial charge < -0.3 is 10.4 Å². The Kier molecular flexibility index (Phi) is 5.38. The summed E-state index contributed by atoms with van der Waals surface area (Å²) < 4.78 is 0. The zero-order valence-corrected chi connectivity index (χ0v) is 13.2. The zero-order chi connectivity index (χ0) is 13.8. The van der Waals surface area contributed by atoms with Crippen LogP contribution in [0.4, 0.5) is 0 Å². The van der Waals surface area contributed by atoms with Crippen molar-refractivity contribution in [1.29, 1.82) is 0 Å². The van der Waals surface area contributed by atoms with Gasteiger partial charge in [0.1, 0.15) is 0 Å². The van der Waals surface area contributed by atoms with Crippen molar-refractivity contribution in [1.82, 2.24) is 5.32 Å². The molecule has 0 bridgehead atoms. The number of thiophene rings is 1. The fourth-order valence-corrected chi connectivity index (χ4v) is 2.83. The van der Waals surface area contributed by atoms with E-state index in [1.165, 1.54) is 9.75 Å². The monoisotopic (exact) mass is 269 g/mol. The predicted molar refractivity (Wildman–Crippen MR) is 80.3 cm³/mol. The summed E-state index contributed by atoms with van der Waals surface area (Å²) in [7, 11) is 0. The van der Waals surface area contributed by atoms with E-state index in [0.717, 1.165) is 19.4 Å². The van der Waals surface area contributed by atoms with E-state index in [9.17, 15) is 5.11 Å². The third-order valence-electron chi connectivity index (χ3n) is 3.47. The lowest BCUT2D eigenvalue weighted by atomic mass is 9.95. The van der Waals surface area contributed by atoms with Crippen LogP contribution in [0.2, 0.25) is 0 Å². The van der Waals surface area contributed by atoms with Crippen LogP contribution >= 0.6 is 11.3 Å². The van der Waals surface area contributed by atoms with Gasteiger partial charge in [-0.1, -0.05) is 34.6 Å². The molecular weight excluding hydrogens is 242 g/mol. The van der Waals surface area contributed by atoms with Gasteiger partial charge in [-0.05, 0) is 30.4 Å². The topological polar surface area (TPSA) is 32.3 Å². The highest BCUT2D eigenvalue weighted by molar-refractivity contribution is 7.12. The quantitative estimate of drug-likeness (QED) is 0.825. The summed E-state index contributed by atoms with van der Waals surface area (Å²) in [5.41, 5.74) is -0.319. The molecule has 0 aliphatic rings. The fourth-order valence-electron chi connectivity index (χ4n) is 1.79. The van der Waals surface area contributed by atoms with Crippen molar-refractivity contribution < 1.29 is 5.11 Å². The average Bonchev–Trinajstić information content (AvgIpc) is 2.77. The van der Waals surface area contributed by atoms with Crippen molar-refractivity contribution in [2.75, 3.05) is 6.54 Å². The molecule has 0 radical (unpaired) electrons. The van der Waals surface area contributed by atoms with Gasteiger partial charge in [-0.3, -0.25) is 0 Å². The Morgan fingerprint density at radius 3 is 2.22 bits per heavy atom. The molecule has 104 valence electrons. The molecule has 0 spiro atoms. The molecule has 1 rings (SSSR count). The van der Waals surface area contributed by atoms with Crippen molar-refractivity contribution in [2.45, 2.75) is 65.0 Å². The van der Waals surface area contributed by atoms with Crippen LogP contribution in [0.5, 0.6) is 0 Å². The molecule has 2 nitrogen and oxygen atoms in total. The summed E-state index contributed by atoms with van der Waals surface area (Å²) >= 11 is 1.86. The molecule has 3 heteroatoms. The second kappa shape index (κ2) is 6.18. The lowest BCUT2D eigenvalue weighted by molar-refractivity contribution is 0.0323. The van der Waals surface area contributed by atoms with E-state index in [2.05, 4.69) is 38.2 Å². The Hall–Kier alpha value is -0.380. The van der Waals surface area contributed by atoms with Gasteiger partial charge >= 0.3 is 0 Å². The number of nitrogens with one attached hydrogen (secondary N) is 1. The molecule has 0 saturated heterocycles. The first-order valence-electron chi connectivity index (χ1n) is 6.83. The number of hydrogen-bond donors (Lipinski definition) is 2. The van der Waals surface area contributed by atoms with Gasteiger partial charge in [0.2, 0.25) is 0 Å². The molecule has 0 amide bonds. The lowest BCUT2D eigenvalue weighted by Gasteiger charge is -2.25. The van der Waals surface area contributed by atoms with E-state index >= 15 is 0 Å². The predicted octanol–water partition coefficient (Wildman–Crippen LogP) is 3.69. The van der Waals surface area contributed by atoms with Crippen LogP contribution in [0.3, 0.4) is 0 Å². The van der Waals surface area contributed by atoms with Crippen LogP contribution < -0.4 is 5.32 Å². The first-order valence-corrected chi connectivity index (χ1v) is 7.64. The Labute approximate surface area is 115 Å². The first kappa shape index (κ1) is 15.7. The third-order valence-corrected chi connectivity index (χ3v) is 4.98. The molecule has 0 aliphatic heterocycles. The highest BCUT2D eigenvalue weighted by Crippen LogP contribution is 2.29. The Morgan fingerprint density at radius 2 is 1.78 bits per heavy atom. The first-order chi connectivity index (χ1) is 8.30. The SMILES string of the molecule is CCC(O)(CC)CNCc1ccc(C(C)(C)C)s1. The van der Waals surface area contributed by atoms with Gasteiger partial charge in [0, 0.05) is 22.8 Å². The third kappa shape index (κ3) is 4.38. The van der Waals surface area contributed by atoms with E-state index in [1.54, 1.807) is 0 Å². The molecule has 2 N–H and O–H groups in total. The minimum absolute atomic E-state index is 0.233. The number of rotatable bonds is 6. The van der Waals surface area contributed by atoms with Crippen LogP contribution in [0.15, 0.2) is 12.1 Å². The standard InChI is InChI=1S/C15H27NOS/c1-6-15(17,7-2)11-16-10-12-8-9-13(18-12)14(3,4)5/h8-9,16-17H,6-7,10-11H2,1-5H3. The summed E-state index contributed by atoms with van der Waals surface area (Å²) in [6, 6.07) is 4.41. The summed E-state index contributed by atoms with van der Waals surface area (Å²) in [4.78, 5) is 2.76. The molecule has 1 aromatic rings. The van der Waals surface area contributed by atoms with Crippen molar-refractivity contribution in [3.63, 3.8) is 0 Å². The Bertz CT molecular complexity index is 361. The molecule has 1 heterocycles. The summed E-state index contributed by atoms with van der Waals surface area (Å²) in [5.74, 6) is 0.